The number of anilines is 1. The Morgan fingerprint density at radius 1 is 1.30 bits per heavy atom. The molecule has 0 N–H and O–H groups in total. The summed E-state index contributed by atoms with van der Waals surface area (Å²) in [6.45, 7) is 8.73. The minimum Gasteiger partial charge on any atom is -0.371 e. The van der Waals surface area contributed by atoms with Crippen molar-refractivity contribution in [3.63, 3.8) is 0 Å². The maximum Gasteiger partial charge on any atom is 0.262 e. The molecule has 0 atom stereocenters. The highest BCUT2D eigenvalue weighted by Gasteiger charge is 2.11. The topological polar surface area (TPSA) is 31.4 Å². The lowest BCUT2D eigenvalue weighted by Crippen LogP contribution is -2.23. The lowest BCUT2D eigenvalue weighted by Gasteiger charge is -2.22. The van der Waals surface area contributed by atoms with Gasteiger partial charge in [0.25, 0.3) is 5.70 Å². The number of benzene rings is 1. The highest BCUT2D eigenvalue weighted by Crippen LogP contribution is 2.23. The molecule has 0 bridgehead atoms. The zero-order valence-electron chi connectivity index (χ0n) is 11.3. The Bertz CT molecular complexity index is 569. The van der Waals surface area contributed by atoms with Gasteiger partial charge in [-0.1, -0.05) is 18.9 Å². The van der Waals surface area contributed by atoms with E-state index in [1.807, 2.05) is 6.07 Å². The molecule has 1 aromatic rings. The molecule has 1 saturated heterocycles. The summed E-state index contributed by atoms with van der Waals surface area (Å²) >= 11 is 0. The third-order valence-corrected chi connectivity index (χ3v) is 3.48. The van der Waals surface area contributed by atoms with Crippen molar-refractivity contribution in [2.75, 3.05) is 18.0 Å². The Labute approximate surface area is 118 Å². The van der Waals surface area contributed by atoms with Crippen LogP contribution in [-0.2, 0) is 0 Å². The van der Waals surface area contributed by atoms with Gasteiger partial charge in [0.05, 0.1) is 12.6 Å². The van der Waals surface area contributed by atoms with Crippen LogP contribution in [0.4, 0.5) is 10.1 Å². The first-order valence-corrected chi connectivity index (χ1v) is 6.78. The van der Waals surface area contributed by atoms with E-state index in [1.165, 1.54) is 25.0 Å². The standard InChI is InChI=1S/C16H16FN3/c1-19-14(12-18)10-13-6-7-15(11-16(13)17)20-8-4-2-3-5-9-20/h6-7,10-11H,2-5,8-9H2. The Kier molecular flexibility index (Phi) is 4.74. The molecule has 0 aromatic heterocycles. The van der Waals surface area contributed by atoms with Gasteiger partial charge < -0.3 is 4.90 Å². The molecule has 2 rings (SSSR count). The minimum atomic E-state index is -0.386. The van der Waals surface area contributed by atoms with Gasteiger partial charge in [0.2, 0.25) is 0 Å². The largest absolute Gasteiger partial charge is 0.371 e. The van der Waals surface area contributed by atoms with Crippen molar-refractivity contribution in [3.8, 4) is 6.07 Å². The van der Waals surface area contributed by atoms with E-state index in [9.17, 15) is 4.39 Å². The third-order valence-electron chi connectivity index (χ3n) is 3.48. The summed E-state index contributed by atoms with van der Waals surface area (Å²) in [5.41, 5.74) is 1.06. The van der Waals surface area contributed by atoms with Crippen LogP contribution in [0.5, 0.6) is 0 Å². The SMILES string of the molecule is [C-]#[N+]C(C#N)=Cc1ccc(N2CCCCCC2)cc1F. The predicted octanol–water partition coefficient (Wildman–Crippen LogP) is 3.99. The molecule has 0 aliphatic carbocycles. The average Bonchev–Trinajstić information content (AvgIpc) is 2.75. The molecule has 0 saturated carbocycles. The Balaban J connectivity index is 2.24. The first-order valence-electron chi connectivity index (χ1n) is 6.78. The summed E-state index contributed by atoms with van der Waals surface area (Å²) < 4.78 is 14.1. The van der Waals surface area contributed by atoms with Crippen LogP contribution >= 0.6 is 0 Å². The Morgan fingerprint density at radius 3 is 2.55 bits per heavy atom. The second-order valence-corrected chi connectivity index (χ2v) is 4.86. The van der Waals surface area contributed by atoms with Gasteiger partial charge in [-0.05, 0) is 31.1 Å². The molecule has 4 heteroatoms. The summed E-state index contributed by atoms with van der Waals surface area (Å²) in [7, 11) is 0. The van der Waals surface area contributed by atoms with Gasteiger partial charge in [-0.3, -0.25) is 0 Å². The van der Waals surface area contributed by atoms with Gasteiger partial charge in [0, 0.05) is 24.3 Å². The molecule has 102 valence electrons. The molecule has 20 heavy (non-hydrogen) atoms. The molecule has 0 spiro atoms. The molecule has 0 amide bonds. The molecule has 1 heterocycles. The summed E-state index contributed by atoms with van der Waals surface area (Å²) in [4.78, 5) is 5.24. The predicted molar refractivity (Wildman–Crippen MR) is 77.3 cm³/mol. The fraction of sp³-hybridized carbons (Fsp3) is 0.375. The fourth-order valence-corrected chi connectivity index (χ4v) is 2.40. The highest BCUT2D eigenvalue weighted by molar-refractivity contribution is 5.62. The van der Waals surface area contributed by atoms with E-state index in [0.717, 1.165) is 31.6 Å². The number of nitriles is 1. The van der Waals surface area contributed by atoms with Gasteiger partial charge >= 0.3 is 0 Å². The maximum absolute atomic E-state index is 14.1. The van der Waals surface area contributed by atoms with E-state index < -0.39 is 0 Å². The average molecular weight is 269 g/mol. The maximum atomic E-state index is 14.1. The van der Waals surface area contributed by atoms with Gasteiger partial charge in [-0.15, -0.1) is 0 Å². The van der Waals surface area contributed by atoms with Gasteiger partial charge in [-0.25, -0.2) is 14.5 Å². The van der Waals surface area contributed by atoms with Crippen LogP contribution in [0.1, 0.15) is 31.2 Å². The third kappa shape index (κ3) is 3.36. The number of halogens is 1. The van der Waals surface area contributed by atoms with Gasteiger partial charge in [0.15, 0.2) is 0 Å². The zero-order valence-corrected chi connectivity index (χ0v) is 11.3. The number of hydrogen-bond donors (Lipinski definition) is 0. The number of rotatable bonds is 2. The smallest absolute Gasteiger partial charge is 0.262 e. The number of nitrogens with zero attached hydrogens (tertiary/aromatic N) is 3. The van der Waals surface area contributed by atoms with Crippen LogP contribution in [0.15, 0.2) is 23.9 Å². The summed E-state index contributed by atoms with van der Waals surface area (Å²) in [6, 6.07) is 6.74. The molecule has 0 unspecified atom stereocenters. The van der Waals surface area contributed by atoms with E-state index in [2.05, 4.69) is 9.74 Å². The lowest BCUT2D eigenvalue weighted by atomic mass is 10.1. The minimum absolute atomic E-state index is 0.105. The summed E-state index contributed by atoms with van der Waals surface area (Å²) in [5.74, 6) is -0.386. The van der Waals surface area contributed by atoms with Crippen LogP contribution < -0.4 is 4.90 Å². The van der Waals surface area contributed by atoms with E-state index in [-0.39, 0.29) is 17.1 Å². The second-order valence-electron chi connectivity index (χ2n) is 4.86. The first kappa shape index (κ1) is 14.1. The highest BCUT2D eigenvalue weighted by atomic mass is 19.1. The molecule has 1 fully saturated rings. The van der Waals surface area contributed by atoms with Gasteiger partial charge in [0.1, 0.15) is 5.82 Å². The quantitative estimate of drug-likeness (QED) is 0.600. The van der Waals surface area contributed by atoms with Crippen molar-refractivity contribution in [2.24, 2.45) is 0 Å². The van der Waals surface area contributed by atoms with Crippen molar-refractivity contribution in [1.29, 1.82) is 5.26 Å². The van der Waals surface area contributed by atoms with Crippen molar-refractivity contribution >= 4 is 11.8 Å². The molecule has 1 aliphatic heterocycles. The second kappa shape index (κ2) is 6.73. The van der Waals surface area contributed by atoms with E-state index in [4.69, 9.17) is 11.8 Å². The normalized spacial score (nSPS) is 16.1. The Hall–Kier alpha value is -2.33. The lowest BCUT2D eigenvalue weighted by molar-refractivity contribution is 0.623. The summed E-state index contributed by atoms with van der Waals surface area (Å²) in [5, 5.41) is 8.71. The fourth-order valence-electron chi connectivity index (χ4n) is 2.40. The number of allylic oxidation sites excluding steroid dienone is 1. The van der Waals surface area contributed by atoms with Crippen LogP contribution in [0, 0.1) is 23.7 Å². The first-order chi connectivity index (χ1) is 9.74. The van der Waals surface area contributed by atoms with Crippen LogP contribution in [0.3, 0.4) is 0 Å². The van der Waals surface area contributed by atoms with E-state index in [1.54, 1.807) is 12.1 Å². The molecule has 1 aromatic carbocycles. The molecular formula is C16H16FN3. The molecular weight excluding hydrogens is 253 g/mol. The van der Waals surface area contributed by atoms with E-state index in [0.29, 0.717) is 0 Å². The summed E-state index contributed by atoms with van der Waals surface area (Å²) in [6.07, 6.45) is 6.03. The molecule has 3 nitrogen and oxygen atoms in total. The zero-order chi connectivity index (χ0) is 14.4. The van der Waals surface area contributed by atoms with E-state index >= 15 is 0 Å². The molecule has 1 aliphatic rings. The van der Waals surface area contributed by atoms with Crippen molar-refractivity contribution in [3.05, 3.63) is 46.7 Å². The van der Waals surface area contributed by atoms with Crippen molar-refractivity contribution in [1.82, 2.24) is 0 Å². The van der Waals surface area contributed by atoms with Crippen molar-refractivity contribution in [2.45, 2.75) is 25.7 Å². The monoisotopic (exact) mass is 269 g/mol. The Morgan fingerprint density at radius 2 is 2.00 bits per heavy atom. The van der Waals surface area contributed by atoms with Crippen molar-refractivity contribution < 1.29 is 4.39 Å². The van der Waals surface area contributed by atoms with Crippen LogP contribution in [0.25, 0.3) is 10.9 Å². The number of hydrogen-bond acceptors (Lipinski definition) is 2. The van der Waals surface area contributed by atoms with Crippen LogP contribution in [0.2, 0.25) is 0 Å². The van der Waals surface area contributed by atoms with Gasteiger partial charge in [-0.2, -0.15) is 0 Å². The van der Waals surface area contributed by atoms with Crippen LogP contribution in [-0.4, -0.2) is 13.1 Å². The molecule has 0 radical (unpaired) electrons.